The molecule has 2 rings (SSSR count). The zero-order valence-corrected chi connectivity index (χ0v) is 13.2. The Morgan fingerprint density at radius 2 is 1.80 bits per heavy atom. The van der Waals surface area contributed by atoms with Gasteiger partial charge < -0.3 is 4.74 Å². The van der Waals surface area contributed by atoms with Crippen LogP contribution >= 0.6 is 11.6 Å². The molecule has 0 aliphatic rings. The molecule has 0 atom stereocenters. The predicted molar refractivity (Wildman–Crippen MR) is 81.7 cm³/mol. The summed E-state index contributed by atoms with van der Waals surface area (Å²) in [4.78, 5) is 8.85. The van der Waals surface area contributed by atoms with E-state index in [2.05, 4.69) is 9.97 Å². The predicted octanol–water partition coefficient (Wildman–Crippen LogP) is 4.84. The van der Waals surface area contributed by atoms with Crippen LogP contribution in [0.5, 0.6) is 11.6 Å². The molecular weight excluding hydrogens is 272 g/mol. The van der Waals surface area contributed by atoms with E-state index < -0.39 is 0 Å². The minimum Gasteiger partial charge on any atom is -0.439 e. The maximum absolute atomic E-state index is 6.19. The Bertz CT molecular complexity index is 633. The van der Waals surface area contributed by atoms with Crippen LogP contribution in [0.2, 0.25) is 5.15 Å². The molecule has 0 amide bonds. The highest BCUT2D eigenvalue weighted by Gasteiger charge is 2.21. The molecule has 0 fully saturated rings. The summed E-state index contributed by atoms with van der Waals surface area (Å²) in [5.74, 6) is 1.94. The number of benzene rings is 1. The molecule has 0 bridgehead atoms. The second kappa shape index (κ2) is 5.41. The Kier molecular flexibility index (Phi) is 4.00. The largest absolute Gasteiger partial charge is 0.439 e. The standard InChI is InChI=1S/C16H19ClN2O/c1-10-7-6-8-12(9-10)20-14-11(2)13(17)18-15(19-14)16(3,4)5/h6-9H,1-5H3. The summed E-state index contributed by atoms with van der Waals surface area (Å²) in [6.07, 6.45) is 0. The van der Waals surface area contributed by atoms with E-state index in [4.69, 9.17) is 16.3 Å². The molecule has 0 spiro atoms. The first-order valence-corrected chi connectivity index (χ1v) is 6.94. The van der Waals surface area contributed by atoms with E-state index in [-0.39, 0.29) is 5.41 Å². The highest BCUT2D eigenvalue weighted by molar-refractivity contribution is 6.30. The van der Waals surface area contributed by atoms with Crippen LogP contribution in [-0.2, 0) is 5.41 Å². The van der Waals surface area contributed by atoms with Crippen molar-refractivity contribution in [3.8, 4) is 11.6 Å². The summed E-state index contributed by atoms with van der Waals surface area (Å²) in [5, 5.41) is 0.438. The van der Waals surface area contributed by atoms with Crippen molar-refractivity contribution in [1.82, 2.24) is 9.97 Å². The van der Waals surface area contributed by atoms with E-state index in [1.165, 1.54) is 0 Å². The van der Waals surface area contributed by atoms with Crippen LogP contribution < -0.4 is 4.74 Å². The van der Waals surface area contributed by atoms with Gasteiger partial charge in [0, 0.05) is 11.0 Å². The Morgan fingerprint density at radius 1 is 1.10 bits per heavy atom. The van der Waals surface area contributed by atoms with Crippen molar-refractivity contribution < 1.29 is 4.74 Å². The van der Waals surface area contributed by atoms with Crippen molar-refractivity contribution in [2.45, 2.75) is 40.0 Å². The molecule has 20 heavy (non-hydrogen) atoms. The number of halogens is 1. The second-order valence-electron chi connectivity index (χ2n) is 5.94. The fraction of sp³-hybridized carbons (Fsp3) is 0.375. The average Bonchev–Trinajstić information content (AvgIpc) is 2.33. The smallest absolute Gasteiger partial charge is 0.227 e. The van der Waals surface area contributed by atoms with Gasteiger partial charge in [-0.25, -0.2) is 4.98 Å². The normalized spacial score (nSPS) is 11.5. The molecule has 0 unspecified atom stereocenters. The molecule has 0 N–H and O–H groups in total. The minimum atomic E-state index is -0.179. The molecule has 0 aliphatic heterocycles. The molecule has 1 aromatic heterocycles. The molecule has 2 aromatic rings. The van der Waals surface area contributed by atoms with Crippen LogP contribution in [0, 0.1) is 13.8 Å². The van der Waals surface area contributed by atoms with Gasteiger partial charge in [-0.3, -0.25) is 0 Å². The first-order chi connectivity index (χ1) is 9.27. The van der Waals surface area contributed by atoms with Gasteiger partial charge in [-0.2, -0.15) is 4.98 Å². The quantitative estimate of drug-likeness (QED) is 0.743. The van der Waals surface area contributed by atoms with Gasteiger partial charge in [0.05, 0.1) is 0 Å². The maximum Gasteiger partial charge on any atom is 0.227 e. The van der Waals surface area contributed by atoms with Crippen molar-refractivity contribution in [2.24, 2.45) is 0 Å². The summed E-state index contributed by atoms with van der Waals surface area (Å²) in [5.41, 5.74) is 1.71. The molecule has 0 aliphatic carbocycles. The summed E-state index contributed by atoms with van der Waals surface area (Å²) in [7, 11) is 0. The molecule has 1 heterocycles. The van der Waals surface area contributed by atoms with Gasteiger partial charge in [-0.15, -0.1) is 0 Å². The van der Waals surface area contributed by atoms with Crippen LogP contribution in [0.1, 0.15) is 37.7 Å². The van der Waals surface area contributed by atoms with E-state index in [0.29, 0.717) is 16.9 Å². The van der Waals surface area contributed by atoms with Crippen LogP contribution in [0.25, 0.3) is 0 Å². The lowest BCUT2D eigenvalue weighted by molar-refractivity contribution is 0.441. The summed E-state index contributed by atoms with van der Waals surface area (Å²) < 4.78 is 5.87. The number of nitrogens with zero attached hydrogens (tertiary/aromatic N) is 2. The Balaban J connectivity index is 2.43. The highest BCUT2D eigenvalue weighted by Crippen LogP contribution is 2.30. The van der Waals surface area contributed by atoms with E-state index in [9.17, 15) is 0 Å². The van der Waals surface area contributed by atoms with Gasteiger partial charge in [0.2, 0.25) is 5.88 Å². The Hall–Kier alpha value is -1.61. The fourth-order valence-corrected chi connectivity index (χ4v) is 1.86. The van der Waals surface area contributed by atoms with Crippen molar-refractivity contribution in [3.05, 3.63) is 46.4 Å². The van der Waals surface area contributed by atoms with E-state index in [1.54, 1.807) is 0 Å². The van der Waals surface area contributed by atoms with Crippen LogP contribution in [-0.4, -0.2) is 9.97 Å². The van der Waals surface area contributed by atoms with E-state index >= 15 is 0 Å². The van der Waals surface area contributed by atoms with Gasteiger partial charge >= 0.3 is 0 Å². The molecule has 0 saturated heterocycles. The zero-order chi connectivity index (χ0) is 14.9. The van der Waals surface area contributed by atoms with Crippen LogP contribution in [0.15, 0.2) is 24.3 Å². The third-order valence-corrected chi connectivity index (χ3v) is 3.28. The van der Waals surface area contributed by atoms with Crippen molar-refractivity contribution >= 4 is 11.6 Å². The van der Waals surface area contributed by atoms with Crippen molar-refractivity contribution in [1.29, 1.82) is 0 Å². The van der Waals surface area contributed by atoms with Gasteiger partial charge in [0.25, 0.3) is 0 Å². The maximum atomic E-state index is 6.19. The third kappa shape index (κ3) is 3.28. The molecule has 4 heteroatoms. The molecule has 0 saturated carbocycles. The lowest BCUT2D eigenvalue weighted by Crippen LogP contribution is -2.17. The second-order valence-corrected chi connectivity index (χ2v) is 6.29. The number of aromatic nitrogens is 2. The Labute approximate surface area is 125 Å². The SMILES string of the molecule is Cc1cccc(Oc2nc(C(C)(C)C)nc(Cl)c2C)c1. The van der Waals surface area contributed by atoms with Crippen molar-refractivity contribution in [2.75, 3.05) is 0 Å². The van der Waals surface area contributed by atoms with Gasteiger partial charge in [-0.1, -0.05) is 44.5 Å². The van der Waals surface area contributed by atoms with Gasteiger partial charge in [-0.05, 0) is 31.5 Å². The van der Waals surface area contributed by atoms with Gasteiger partial charge in [0.15, 0.2) is 0 Å². The number of aryl methyl sites for hydroxylation is 1. The zero-order valence-electron chi connectivity index (χ0n) is 12.5. The lowest BCUT2D eigenvalue weighted by Gasteiger charge is -2.19. The highest BCUT2D eigenvalue weighted by atomic mass is 35.5. The molecule has 106 valence electrons. The molecule has 1 aromatic carbocycles. The first-order valence-electron chi connectivity index (χ1n) is 6.56. The third-order valence-electron chi connectivity index (χ3n) is 2.92. The molecule has 0 radical (unpaired) electrons. The monoisotopic (exact) mass is 290 g/mol. The number of hydrogen-bond donors (Lipinski definition) is 0. The first kappa shape index (κ1) is 14.8. The number of ether oxygens (including phenoxy) is 1. The Morgan fingerprint density at radius 3 is 2.40 bits per heavy atom. The summed E-state index contributed by atoms with van der Waals surface area (Å²) >= 11 is 6.19. The molecule has 3 nitrogen and oxygen atoms in total. The van der Waals surface area contributed by atoms with Gasteiger partial charge in [0.1, 0.15) is 16.7 Å². The summed E-state index contributed by atoms with van der Waals surface area (Å²) in [6, 6.07) is 7.84. The fourth-order valence-electron chi connectivity index (χ4n) is 1.70. The van der Waals surface area contributed by atoms with E-state index in [1.807, 2.05) is 58.9 Å². The number of rotatable bonds is 2. The minimum absolute atomic E-state index is 0.179. The number of hydrogen-bond acceptors (Lipinski definition) is 3. The molecular formula is C16H19ClN2O. The van der Waals surface area contributed by atoms with Crippen LogP contribution in [0.3, 0.4) is 0 Å². The topological polar surface area (TPSA) is 35.0 Å². The average molecular weight is 291 g/mol. The lowest BCUT2D eigenvalue weighted by atomic mass is 9.96. The summed E-state index contributed by atoms with van der Waals surface area (Å²) in [6.45, 7) is 10.0. The van der Waals surface area contributed by atoms with Crippen LogP contribution in [0.4, 0.5) is 0 Å². The van der Waals surface area contributed by atoms with E-state index in [0.717, 1.165) is 16.9 Å². The van der Waals surface area contributed by atoms with Crippen molar-refractivity contribution in [3.63, 3.8) is 0 Å².